The zero-order chi connectivity index (χ0) is 18.0. The van der Waals surface area contributed by atoms with Gasteiger partial charge in [0.05, 0.1) is 26.4 Å². The molecule has 4 rings (SSSR count). The Balaban J connectivity index is 1.37. The van der Waals surface area contributed by atoms with Gasteiger partial charge in [0, 0.05) is 50.1 Å². The van der Waals surface area contributed by atoms with Crippen LogP contribution in [0.15, 0.2) is 24.3 Å². The van der Waals surface area contributed by atoms with Crippen LogP contribution < -0.4 is 0 Å². The average molecular weight is 360 g/mol. The summed E-state index contributed by atoms with van der Waals surface area (Å²) in [7, 11) is 0. The van der Waals surface area contributed by atoms with Crippen molar-refractivity contribution in [2.75, 3.05) is 52.6 Å². The van der Waals surface area contributed by atoms with Gasteiger partial charge in [-0.2, -0.15) is 0 Å². The van der Waals surface area contributed by atoms with E-state index in [0.717, 1.165) is 0 Å². The number of rotatable bonds is 2. The van der Waals surface area contributed by atoms with E-state index in [4.69, 9.17) is 14.2 Å². The summed E-state index contributed by atoms with van der Waals surface area (Å²) in [6, 6.07) is 6.95. The zero-order valence-electron chi connectivity index (χ0n) is 14.8. The number of benzene rings is 1. The van der Waals surface area contributed by atoms with Crippen LogP contribution in [0.1, 0.15) is 33.6 Å². The maximum Gasteiger partial charge on any atom is 0.254 e. The molecular weight excluding hydrogens is 336 g/mol. The molecule has 0 N–H and O–H groups in total. The molecule has 0 saturated carbocycles. The van der Waals surface area contributed by atoms with Gasteiger partial charge in [-0.3, -0.25) is 9.59 Å². The van der Waals surface area contributed by atoms with E-state index in [9.17, 15) is 9.59 Å². The summed E-state index contributed by atoms with van der Waals surface area (Å²) in [5.74, 6) is -0.503. The summed E-state index contributed by atoms with van der Waals surface area (Å²) in [6.45, 7) is 4.87. The third kappa shape index (κ3) is 3.47. The third-order valence-corrected chi connectivity index (χ3v) is 5.30. The van der Waals surface area contributed by atoms with E-state index in [2.05, 4.69) is 0 Å². The molecule has 140 valence electrons. The normalized spacial score (nSPS) is 22.6. The number of morpholine rings is 1. The summed E-state index contributed by atoms with van der Waals surface area (Å²) in [5, 5.41) is 0. The van der Waals surface area contributed by atoms with Crippen LogP contribution in [0.4, 0.5) is 0 Å². The summed E-state index contributed by atoms with van der Waals surface area (Å²) in [5.41, 5.74) is 1.21. The Morgan fingerprint density at radius 1 is 0.731 bits per heavy atom. The molecule has 3 aliphatic heterocycles. The fourth-order valence-corrected chi connectivity index (χ4v) is 3.72. The number of piperidine rings is 1. The highest BCUT2D eigenvalue weighted by Crippen LogP contribution is 2.31. The predicted molar refractivity (Wildman–Crippen MR) is 92.9 cm³/mol. The van der Waals surface area contributed by atoms with Gasteiger partial charge in [-0.25, -0.2) is 0 Å². The van der Waals surface area contributed by atoms with Crippen LogP contribution in [0, 0.1) is 0 Å². The summed E-state index contributed by atoms with van der Waals surface area (Å²) >= 11 is 0. The van der Waals surface area contributed by atoms with Gasteiger partial charge < -0.3 is 24.0 Å². The third-order valence-electron chi connectivity index (χ3n) is 5.30. The average Bonchev–Trinajstić information content (AvgIpc) is 3.16. The van der Waals surface area contributed by atoms with E-state index in [1.807, 2.05) is 4.90 Å². The maximum absolute atomic E-state index is 12.7. The lowest BCUT2D eigenvalue weighted by Crippen LogP contribution is -2.47. The fraction of sp³-hybridized carbons (Fsp3) is 0.579. The van der Waals surface area contributed by atoms with Crippen molar-refractivity contribution in [1.29, 1.82) is 0 Å². The molecule has 3 heterocycles. The van der Waals surface area contributed by atoms with Crippen molar-refractivity contribution in [3.8, 4) is 0 Å². The number of amides is 2. The van der Waals surface area contributed by atoms with Crippen molar-refractivity contribution < 1.29 is 23.8 Å². The fourth-order valence-electron chi connectivity index (χ4n) is 3.72. The molecule has 3 fully saturated rings. The SMILES string of the molecule is O=C(c1ccc(C(=O)N2CCC3(CC2)OCCO3)cc1)N1CCOCC1. The number of hydrogen-bond acceptors (Lipinski definition) is 5. The highest BCUT2D eigenvalue weighted by molar-refractivity contribution is 5.97. The number of likely N-dealkylation sites (tertiary alicyclic amines) is 1. The molecule has 3 saturated heterocycles. The molecule has 7 nitrogen and oxygen atoms in total. The van der Waals surface area contributed by atoms with E-state index in [1.165, 1.54) is 0 Å². The molecule has 1 aromatic carbocycles. The smallest absolute Gasteiger partial charge is 0.254 e. The van der Waals surface area contributed by atoms with E-state index >= 15 is 0 Å². The minimum Gasteiger partial charge on any atom is -0.378 e. The van der Waals surface area contributed by atoms with E-state index in [-0.39, 0.29) is 11.8 Å². The van der Waals surface area contributed by atoms with Gasteiger partial charge in [0.2, 0.25) is 0 Å². The molecule has 0 atom stereocenters. The Morgan fingerprint density at radius 3 is 1.69 bits per heavy atom. The van der Waals surface area contributed by atoms with Crippen molar-refractivity contribution in [2.45, 2.75) is 18.6 Å². The summed E-state index contributed by atoms with van der Waals surface area (Å²) in [6.07, 6.45) is 1.40. The van der Waals surface area contributed by atoms with Gasteiger partial charge in [0.15, 0.2) is 5.79 Å². The van der Waals surface area contributed by atoms with E-state index < -0.39 is 5.79 Å². The second kappa shape index (κ2) is 7.34. The Bertz CT molecular complexity index is 653. The molecule has 26 heavy (non-hydrogen) atoms. The van der Waals surface area contributed by atoms with Gasteiger partial charge >= 0.3 is 0 Å². The molecule has 0 bridgehead atoms. The van der Waals surface area contributed by atoms with Crippen molar-refractivity contribution in [3.63, 3.8) is 0 Å². The first-order chi connectivity index (χ1) is 12.7. The van der Waals surface area contributed by atoms with Crippen molar-refractivity contribution in [1.82, 2.24) is 9.80 Å². The Morgan fingerprint density at radius 2 is 1.19 bits per heavy atom. The Labute approximate surface area is 152 Å². The minimum absolute atomic E-state index is 0.0109. The first kappa shape index (κ1) is 17.5. The number of carbonyl (C=O) groups is 2. The highest BCUT2D eigenvalue weighted by atomic mass is 16.7. The predicted octanol–water partition coefficient (Wildman–Crippen LogP) is 1.14. The van der Waals surface area contributed by atoms with Crippen LogP contribution in [0.2, 0.25) is 0 Å². The molecular formula is C19H24N2O5. The van der Waals surface area contributed by atoms with Gasteiger partial charge in [-0.05, 0) is 24.3 Å². The first-order valence-electron chi connectivity index (χ1n) is 9.21. The molecule has 1 aromatic rings. The molecule has 3 aliphatic rings. The molecule has 7 heteroatoms. The Kier molecular flexibility index (Phi) is 4.93. The van der Waals surface area contributed by atoms with Crippen LogP contribution in [0.3, 0.4) is 0 Å². The van der Waals surface area contributed by atoms with Gasteiger partial charge in [-0.1, -0.05) is 0 Å². The van der Waals surface area contributed by atoms with E-state index in [0.29, 0.717) is 76.6 Å². The number of hydrogen-bond donors (Lipinski definition) is 0. The topological polar surface area (TPSA) is 68.3 Å². The second-order valence-corrected chi connectivity index (χ2v) is 6.88. The summed E-state index contributed by atoms with van der Waals surface area (Å²) < 4.78 is 16.7. The zero-order valence-corrected chi connectivity index (χ0v) is 14.8. The van der Waals surface area contributed by atoms with Crippen molar-refractivity contribution in [3.05, 3.63) is 35.4 Å². The largest absolute Gasteiger partial charge is 0.378 e. The number of carbonyl (C=O) groups excluding carboxylic acids is 2. The van der Waals surface area contributed by atoms with Crippen LogP contribution in [-0.2, 0) is 14.2 Å². The second-order valence-electron chi connectivity index (χ2n) is 6.88. The van der Waals surface area contributed by atoms with Gasteiger partial charge in [0.1, 0.15) is 0 Å². The van der Waals surface area contributed by atoms with Crippen LogP contribution >= 0.6 is 0 Å². The summed E-state index contributed by atoms with van der Waals surface area (Å²) in [4.78, 5) is 28.8. The number of nitrogens with zero attached hydrogens (tertiary/aromatic N) is 2. The lowest BCUT2D eigenvalue weighted by molar-refractivity contribution is -0.181. The highest BCUT2D eigenvalue weighted by Gasteiger charge is 2.40. The van der Waals surface area contributed by atoms with E-state index in [1.54, 1.807) is 29.2 Å². The van der Waals surface area contributed by atoms with Crippen LogP contribution in [0.25, 0.3) is 0 Å². The molecule has 1 spiro atoms. The lowest BCUT2D eigenvalue weighted by Gasteiger charge is -2.37. The van der Waals surface area contributed by atoms with Crippen molar-refractivity contribution in [2.24, 2.45) is 0 Å². The molecule has 0 aromatic heterocycles. The molecule has 0 radical (unpaired) electrons. The quantitative estimate of drug-likeness (QED) is 0.791. The monoisotopic (exact) mass is 360 g/mol. The van der Waals surface area contributed by atoms with Gasteiger partial charge in [-0.15, -0.1) is 0 Å². The van der Waals surface area contributed by atoms with Gasteiger partial charge in [0.25, 0.3) is 11.8 Å². The standard InChI is InChI=1S/C19H24N2O5/c22-17(20-7-5-19(6-8-20)25-13-14-26-19)15-1-3-16(4-2-15)18(23)21-9-11-24-12-10-21/h1-4H,5-14H2. The molecule has 2 amide bonds. The first-order valence-corrected chi connectivity index (χ1v) is 9.21. The lowest BCUT2D eigenvalue weighted by atomic mass is 10.0. The van der Waals surface area contributed by atoms with Crippen molar-refractivity contribution >= 4 is 11.8 Å². The minimum atomic E-state index is -0.481. The maximum atomic E-state index is 12.7. The Hall–Kier alpha value is -1.96. The van der Waals surface area contributed by atoms with Crippen LogP contribution in [-0.4, -0.2) is 80.0 Å². The number of ether oxygens (including phenoxy) is 3. The molecule has 0 unspecified atom stereocenters. The van der Waals surface area contributed by atoms with Crippen LogP contribution in [0.5, 0.6) is 0 Å². The molecule has 0 aliphatic carbocycles.